The minimum absolute atomic E-state index is 0.000679. The van der Waals surface area contributed by atoms with Gasteiger partial charge in [-0.3, -0.25) is 9.59 Å². The van der Waals surface area contributed by atoms with E-state index in [2.05, 4.69) is 15.8 Å². The maximum Gasteiger partial charge on any atom is 0.257 e. The molecule has 0 saturated carbocycles. The Bertz CT molecular complexity index is 771. The molecule has 0 unspecified atom stereocenters. The van der Waals surface area contributed by atoms with E-state index in [-0.39, 0.29) is 33.5 Å². The lowest BCUT2D eigenvalue weighted by Gasteiger charge is -2.14. The highest BCUT2D eigenvalue weighted by Gasteiger charge is 2.27. The zero-order valence-corrected chi connectivity index (χ0v) is 14.9. The Balaban J connectivity index is 2.30. The molecule has 8 heteroatoms. The zero-order valence-electron chi connectivity index (χ0n) is 14.2. The lowest BCUT2D eigenvalue weighted by molar-refractivity contribution is -0.122. The number of nitrogens with one attached hydrogen (secondary N) is 2. The summed E-state index contributed by atoms with van der Waals surface area (Å²) in [5, 5.41) is 9.13. The molecular formula is C17H19ClFN3O3. The van der Waals surface area contributed by atoms with Crippen LogP contribution in [-0.4, -0.2) is 29.6 Å². The number of amides is 2. The molecule has 2 rings (SSSR count). The van der Waals surface area contributed by atoms with Crippen molar-refractivity contribution in [2.24, 2.45) is 0 Å². The molecular weight excluding hydrogens is 349 g/mol. The average Bonchev–Trinajstić information content (AvgIpc) is 2.93. The van der Waals surface area contributed by atoms with Crippen molar-refractivity contribution in [3.8, 4) is 11.3 Å². The van der Waals surface area contributed by atoms with Gasteiger partial charge < -0.3 is 15.2 Å². The summed E-state index contributed by atoms with van der Waals surface area (Å²) in [6, 6.07) is 3.39. The van der Waals surface area contributed by atoms with Crippen LogP contribution in [0.3, 0.4) is 0 Å². The van der Waals surface area contributed by atoms with Crippen molar-refractivity contribution < 1.29 is 18.5 Å². The molecule has 0 aliphatic heterocycles. The Morgan fingerprint density at radius 3 is 2.76 bits per heavy atom. The minimum Gasteiger partial charge on any atom is -0.360 e. The standard InChI is InChI=1S/C17H19ClFN3O3/c1-4-8-20-16(23)9(2)21-17(24)13-10(3)25-22-15(13)14-11(18)6-5-7-12(14)19/h5-7,9H,4,8H2,1-3H3,(H,20,23)(H,21,24)/t9-/m0/s1. The third-order valence-electron chi connectivity index (χ3n) is 3.58. The minimum atomic E-state index is -0.766. The fourth-order valence-electron chi connectivity index (χ4n) is 2.27. The maximum atomic E-state index is 14.2. The summed E-state index contributed by atoms with van der Waals surface area (Å²) < 4.78 is 19.2. The third-order valence-corrected chi connectivity index (χ3v) is 3.89. The van der Waals surface area contributed by atoms with Gasteiger partial charge >= 0.3 is 0 Å². The van der Waals surface area contributed by atoms with Gasteiger partial charge in [-0.2, -0.15) is 0 Å². The van der Waals surface area contributed by atoms with Gasteiger partial charge in [-0.15, -0.1) is 0 Å². The Kier molecular flexibility index (Phi) is 6.14. The number of hydrogen-bond acceptors (Lipinski definition) is 4. The number of benzene rings is 1. The molecule has 1 aromatic heterocycles. The number of carbonyl (C=O) groups excluding carboxylic acids is 2. The fraction of sp³-hybridized carbons (Fsp3) is 0.353. The molecule has 25 heavy (non-hydrogen) atoms. The van der Waals surface area contributed by atoms with Crippen LogP contribution in [0.5, 0.6) is 0 Å². The summed E-state index contributed by atoms with van der Waals surface area (Å²) in [6.07, 6.45) is 0.785. The maximum absolute atomic E-state index is 14.2. The molecule has 2 aromatic rings. The van der Waals surface area contributed by atoms with E-state index in [1.807, 2.05) is 6.92 Å². The molecule has 0 saturated heterocycles. The average molecular weight is 368 g/mol. The molecule has 1 aromatic carbocycles. The van der Waals surface area contributed by atoms with Crippen molar-refractivity contribution >= 4 is 23.4 Å². The van der Waals surface area contributed by atoms with E-state index >= 15 is 0 Å². The highest BCUT2D eigenvalue weighted by molar-refractivity contribution is 6.33. The molecule has 0 radical (unpaired) electrons. The number of halogens is 2. The lowest BCUT2D eigenvalue weighted by atomic mass is 10.0. The van der Waals surface area contributed by atoms with Crippen molar-refractivity contribution in [2.45, 2.75) is 33.2 Å². The van der Waals surface area contributed by atoms with Crippen LogP contribution in [0.4, 0.5) is 4.39 Å². The van der Waals surface area contributed by atoms with Gasteiger partial charge in [0.2, 0.25) is 5.91 Å². The molecule has 2 amide bonds. The summed E-state index contributed by atoms with van der Waals surface area (Å²) in [4.78, 5) is 24.5. The predicted octanol–water partition coefficient (Wildman–Crippen LogP) is 3.09. The van der Waals surface area contributed by atoms with E-state index in [1.54, 1.807) is 6.92 Å². The number of rotatable bonds is 6. The van der Waals surface area contributed by atoms with E-state index in [1.165, 1.54) is 25.1 Å². The SMILES string of the molecule is CCCNC(=O)[C@H](C)NC(=O)c1c(-c2c(F)cccc2Cl)noc1C. The van der Waals surface area contributed by atoms with Crippen LogP contribution >= 0.6 is 11.6 Å². The Labute approximate surface area is 149 Å². The Morgan fingerprint density at radius 2 is 2.12 bits per heavy atom. The van der Waals surface area contributed by atoms with Crippen molar-refractivity contribution in [3.05, 3.63) is 40.4 Å². The van der Waals surface area contributed by atoms with Crippen LogP contribution in [0, 0.1) is 12.7 Å². The van der Waals surface area contributed by atoms with Gasteiger partial charge in [0.25, 0.3) is 5.91 Å². The van der Waals surface area contributed by atoms with Gasteiger partial charge in [-0.25, -0.2) is 4.39 Å². The summed E-state index contributed by atoms with van der Waals surface area (Å²) in [5.74, 6) is -1.32. The first kappa shape index (κ1) is 18.9. The number of aromatic nitrogens is 1. The predicted molar refractivity (Wildman–Crippen MR) is 91.9 cm³/mol. The van der Waals surface area contributed by atoms with Crippen LogP contribution in [0.2, 0.25) is 5.02 Å². The number of nitrogens with zero attached hydrogens (tertiary/aromatic N) is 1. The van der Waals surface area contributed by atoms with Crippen LogP contribution < -0.4 is 10.6 Å². The number of hydrogen-bond donors (Lipinski definition) is 2. The van der Waals surface area contributed by atoms with Crippen molar-refractivity contribution in [3.63, 3.8) is 0 Å². The second-order valence-electron chi connectivity index (χ2n) is 5.55. The molecule has 0 aliphatic rings. The van der Waals surface area contributed by atoms with Gasteiger partial charge in [0.15, 0.2) is 0 Å². The summed E-state index contributed by atoms with van der Waals surface area (Å²) in [6.45, 7) is 5.53. The number of aryl methyl sites for hydroxylation is 1. The molecule has 0 bridgehead atoms. The molecule has 1 atom stereocenters. The second kappa shape index (κ2) is 8.11. The molecule has 0 aliphatic carbocycles. The monoisotopic (exact) mass is 367 g/mol. The molecule has 0 fully saturated rings. The smallest absolute Gasteiger partial charge is 0.257 e. The second-order valence-corrected chi connectivity index (χ2v) is 5.95. The van der Waals surface area contributed by atoms with E-state index < -0.39 is 17.8 Å². The molecule has 6 nitrogen and oxygen atoms in total. The van der Waals surface area contributed by atoms with Crippen molar-refractivity contribution in [1.82, 2.24) is 15.8 Å². The highest BCUT2D eigenvalue weighted by atomic mass is 35.5. The highest BCUT2D eigenvalue weighted by Crippen LogP contribution is 2.33. The van der Waals surface area contributed by atoms with E-state index in [9.17, 15) is 14.0 Å². The topological polar surface area (TPSA) is 84.2 Å². The van der Waals surface area contributed by atoms with Gasteiger partial charge in [-0.05, 0) is 32.4 Å². The molecule has 2 N–H and O–H groups in total. The summed E-state index contributed by atoms with van der Waals surface area (Å²) >= 11 is 6.05. The first-order chi connectivity index (χ1) is 11.9. The van der Waals surface area contributed by atoms with Crippen LogP contribution in [0.15, 0.2) is 22.7 Å². The molecule has 0 spiro atoms. The van der Waals surface area contributed by atoms with E-state index in [0.717, 1.165) is 6.42 Å². The third kappa shape index (κ3) is 4.17. The van der Waals surface area contributed by atoms with Gasteiger partial charge in [0.05, 0.1) is 10.6 Å². The van der Waals surface area contributed by atoms with Gasteiger partial charge in [0.1, 0.15) is 28.9 Å². The first-order valence-electron chi connectivity index (χ1n) is 7.86. The van der Waals surface area contributed by atoms with Crippen molar-refractivity contribution in [1.29, 1.82) is 0 Å². The molecule has 1 heterocycles. The number of carbonyl (C=O) groups is 2. The Morgan fingerprint density at radius 1 is 1.40 bits per heavy atom. The van der Waals surface area contributed by atoms with E-state index in [4.69, 9.17) is 16.1 Å². The van der Waals surface area contributed by atoms with Crippen molar-refractivity contribution in [2.75, 3.05) is 6.54 Å². The van der Waals surface area contributed by atoms with Crippen LogP contribution in [-0.2, 0) is 4.79 Å². The Hall–Kier alpha value is -2.41. The summed E-state index contributed by atoms with van der Waals surface area (Å²) in [5.41, 5.74) is 0.0238. The lowest BCUT2D eigenvalue weighted by Crippen LogP contribution is -2.45. The van der Waals surface area contributed by atoms with Gasteiger partial charge in [-0.1, -0.05) is 29.7 Å². The first-order valence-corrected chi connectivity index (χ1v) is 8.23. The van der Waals surface area contributed by atoms with Crippen LogP contribution in [0.25, 0.3) is 11.3 Å². The molecule has 134 valence electrons. The van der Waals surface area contributed by atoms with E-state index in [0.29, 0.717) is 6.54 Å². The van der Waals surface area contributed by atoms with Gasteiger partial charge in [0, 0.05) is 6.54 Å². The quantitative estimate of drug-likeness (QED) is 0.821. The normalized spacial score (nSPS) is 11.9. The summed E-state index contributed by atoms with van der Waals surface area (Å²) in [7, 11) is 0. The zero-order chi connectivity index (χ0) is 18.6. The van der Waals surface area contributed by atoms with Crippen LogP contribution in [0.1, 0.15) is 36.4 Å². The largest absolute Gasteiger partial charge is 0.360 e. The fourth-order valence-corrected chi connectivity index (χ4v) is 2.52.